The molecule has 0 heterocycles. The molecule has 0 atom stereocenters. The standard InChI is InChI=1S/C98H72N2/c1-59(2)63-41-49-67(50-42-63)99(68-51-43-64(44-52-68)60(3)4)91-57-90-94(79-30-11-9-28-77(79)91)83-55-54-72-71(32-21-33-81(72)96(83)98(90)87-36-19-15-26-75(87)76-27-16-20-37-88(76)98)84-56-69(48-40-62(84)6)100(66-46-38-61(5)39-47-66)92-58-89-93(80-31-12-10-29-78(80)92)82-53-45-65-22-7-8-23-70(65)95(82)97(89)85-34-17-13-24-73(85)74-25-14-18-35-86(74)97/h7-60H,1-6H3. The zero-order chi connectivity index (χ0) is 66.9. The highest BCUT2D eigenvalue weighted by molar-refractivity contribution is 6.18. The maximum Gasteiger partial charge on any atom is 0.0732 e. The second kappa shape index (κ2) is 21.8. The summed E-state index contributed by atoms with van der Waals surface area (Å²) in [6.45, 7) is 13.6. The van der Waals surface area contributed by atoms with Gasteiger partial charge >= 0.3 is 0 Å². The SMILES string of the molecule is Cc1ccc(N(c2ccc(C)c(-c3cccc4c5c(ccc34)-c3c(cc(N(c4ccc(C(C)C)cc4)c4ccc(C(C)C)cc4)c4ccccc34)C53c4ccccc4-c4ccccc43)c2)c2cc3c(c4ccccc24)-c2ccc4ccccc4c2C32c3ccccc3-c3ccccc32)cc1. The van der Waals surface area contributed by atoms with Crippen molar-refractivity contribution in [3.63, 3.8) is 0 Å². The summed E-state index contributed by atoms with van der Waals surface area (Å²) < 4.78 is 0. The van der Waals surface area contributed by atoms with Gasteiger partial charge in [-0.25, -0.2) is 0 Å². The van der Waals surface area contributed by atoms with E-state index in [-0.39, 0.29) is 0 Å². The predicted octanol–water partition coefficient (Wildman–Crippen LogP) is 26.5. The minimum atomic E-state index is -0.680. The van der Waals surface area contributed by atoms with Crippen molar-refractivity contribution in [1.29, 1.82) is 0 Å². The number of nitrogens with zero attached hydrogens (tertiary/aromatic N) is 2. The largest absolute Gasteiger partial charge is 0.310 e. The Labute approximate surface area is 585 Å². The van der Waals surface area contributed by atoms with Crippen LogP contribution in [0.4, 0.5) is 34.1 Å². The first-order valence-electron chi connectivity index (χ1n) is 35.7. The molecule has 0 amide bonds. The molecule has 100 heavy (non-hydrogen) atoms. The van der Waals surface area contributed by atoms with Crippen molar-refractivity contribution in [1.82, 2.24) is 0 Å². The quantitative estimate of drug-likeness (QED) is 0.142. The first-order chi connectivity index (χ1) is 49.1. The van der Waals surface area contributed by atoms with Crippen LogP contribution in [0, 0.1) is 13.8 Å². The van der Waals surface area contributed by atoms with Crippen molar-refractivity contribution in [2.45, 2.75) is 64.2 Å². The highest BCUT2D eigenvalue weighted by Crippen LogP contribution is 2.69. The summed E-state index contributed by atoms with van der Waals surface area (Å²) in [4.78, 5) is 5.10. The van der Waals surface area contributed by atoms with Gasteiger partial charge in [-0.2, -0.15) is 0 Å². The van der Waals surface area contributed by atoms with Crippen LogP contribution >= 0.6 is 0 Å². The summed E-state index contributed by atoms with van der Waals surface area (Å²) in [6, 6.07) is 122. The van der Waals surface area contributed by atoms with Crippen LogP contribution in [-0.2, 0) is 10.8 Å². The second-order valence-corrected chi connectivity index (χ2v) is 29.0. The molecule has 0 radical (unpaired) electrons. The molecule has 16 aromatic carbocycles. The molecule has 0 fully saturated rings. The molecule has 0 aromatic heterocycles. The number of hydrogen-bond donors (Lipinski definition) is 0. The van der Waals surface area contributed by atoms with Gasteiger partial charge < -0.3 is 9.80 Å². The number of benzene rings is 16. The third kappa shape index (κ3) is 7.96. The van der Waals surface area contributed by atoms with E-state index >= 15 is 0 Å². The van der Waals surface area contributed by atoms with Gasteiger partial charge in [0.05, 0.1) is 22.2 Å². The van der Waals surface area contributed by atoms with Crippen LogP contribution in [0.2, 0.25) is 0 Å². The summed E-state index contributed by atoms with van der Waals surface area (Å²) in [5.74, 6) is 0.818. The Balaban J connectivity index is 0.828. The number of aryl methyl sites for hydroxylation is 2. The number of anilines is 6. The van der Waals surface area contributed by atoms with Gasteiger partial charge in [0.1, 0.15) is 0 Å². The van der Waals surface area contributed by atoms with Gasteiger partial charge in [-0.15, -0.1) is 0 Å². The van der Waals surface area contributed by atoms with Crippen LogP contribution in [0.3, 0.4) is 0 Å². The van der Waals surface area contributed by atoms with Crippen molar-refractivity contribution < 1.29 is 0 Å². The van der Waals surface area contributed by atoms with Gasteiger partial charge in [-0.05, 0) is 235 Å². The number of hydrogen-bond acceptors (Lipinski definition) is 2. The molecular formula is C98H72N2. The summed E-state index contributed by atoms with van der Waals surface area (Å²) in [5, 5.41) is 9.94. The van der Waals surface area contributed by atoms with Crippen molar-refractivity contribution in [3.8, 4) is 55.6 Å². The van der Waals surface area contributed by atoms with Crippen LogP contribution in [-0.4, -0.2) is 0 Å². The molecule has 474 valence electrons. The molecule has 4 aliphatic rings. The van der Waals surface area contributed by atoms with Crippen LogP contribution in [0.25, 0.3) is 98.7 Å². The van der Waals surface area contributed by atoms with Gasteiger partial charge in [0.15, 0.2) is 0 Å². The Morgan fingerprint density at radius 1 is 0.250 bits per heavy atom. The van der Waals surface area contributed by atoms with Gasteiger partial charge in [0, 0.05) is 33.5 Å². The average Bonchev–Trinajstić information content (AvgIpc) is 1.50. The van der Waals surface area contributed by atoms with Crippen molar-refractivity contribution in [3.05, 3.63) is 382 Å². The van der Waals surface area contributed by atoms with E-state index in [0.29, 0.717) is 11.8 Å². The Bertz CT molecular complexity index is 5980. The van der Waals surface area contributed by atoms with Gasteiger partial charge in [0.2, 0.25) is 0 Å². The Hall–Kier alpha value is -11.8. The first kappa shape index (κ1) is 58.3. The molecule has 0 N–H and O–H groups in total. The Kier molecular flexibility index (Phi) is 12.7. The van der Waals surface area contributed by atoms with Crippen LogP contribution in [0.15, 0.2) is 315 Å². The third-order valence-corrected chi connectivity index (χ3v) is 23.2. The Morgan fingerprint density at radius 3 is 1.12 bits per heavy atom. The monoisotopic (exact) mass is 1280 g/mol. The Morgan fingerprint density at radius 2 is 0.630 bits per heavy atom. The predicted molar refractivity (Wildman–Crippen MR) is 422 cm³/mol. The molecule has 0 unspecified atom stereocenters. The highest BCUT2D eigenvalue weighted by atomic mass is 15.2. The molecular weight excluding hydrogens is 1210 g/mol. The molecule has 0 saturated carbocycles. The zero-order valence-electron chi connectivity index (χ0n) is 57.1. The van der Waals surface area contributed by atoms with E-state index in [4.69, 9.17) is 0 Å². The van der Waals surface area contributed by atoms with Crippen molar-refractivity contribution in [2.75, 3.05) is 9.80 Å². The molecule has 0 bridgehead atoms. The summed E-state index contributed by atoms with van der Waals surface area (Å²) >= 11 is 0. The topological polar surface area (TPSA) is 6.48 Å². The minimum Gasteiger partial charge on any atom is -0.310 e. The molecule has 20 rings (SSSR count). The molecule has 2 heteroatoms. The minimum absolute atomic E-state index is 0.409. The molecule has 2 spiro atoms. The van der Waals surface area contributed by atoms with Crippen molar-refractivity contribution >= 4 is 77.2 Å². The van der Waals surface area contributed by atoms with E-state index in [1.165, 1.54) is 165 Å². The number of rotatable bonds is 9. The summed E-state index contributed by atoms with van der Waals surface area (Å²) in [6.07, 6.45) is 0. The second-order valence-electron chi connectivity index (χ2n) is 29.0. The van der Waals surface area contributed by atoms with E-state index in [2.05, 4.69) is 367 Å². The van der Waals surface area contributed by atoms with Crippen molar-refractivity contribution in [2.24, 2.45) is 0 Å². The van der Waals surface area contributed by atoms with Crippen LogP contribution < -0.4 is 9.80 Å². The van der Waals surface area contributed by atoms with E-state index in [0.717, 1.165) is 34.1 Å². The van der Waals surface area contributed by atoms with Gasteiger partial charge in [-0.3, -0.25) is 0 Å². The average molecular weight is 1280 g/mol. The number of fused-ring (bicyclic) bond motifs is 28. The summed E-state index contributed by atoms with van der Waals surface area (Å²) in [7, 11) is 0. The van der Waals surface area contributed by atoms with Gasteiger partial charge in [0.25, 0.3) is 0 Å². The molecule has 0 saturated heterocycles. The molecule has 0 aliphatic heterocycles. The lowest BCUT2D eigenvalue weighted by Gasteiger charge is -2.34. The van der Waals surface area contributed by atoms with Crippen LogP contribution in [0.1, 0.15) is 106 Å². The molecule has 4 aliphatic carbocycles. The van der Waals surface area contributed by atoms with E-state index in [9.17, 15) is 0 Å². The fraction of sp³-hybridized carbons (Fsp3) is 0.102. The maximum absolute atomic E-state index is 2.60. The normalized spacial score (nSPS) is 13.6. The maximum atomic E-state index is 2.60. The molecule has 2 nitrogen and oxygen atoms in total. The lowest BCUT2D eigenvalue weighted by molar-refractivity contribution is 0.802. The lowest BCUT2D eigenvalue weighted by Crippen LogP contribution is -2.26. The smallest absolute Gasteiger partial charge is 0.0732 e. The fourth-order valence-electron chi connectivity index (χ4n) is 18.8. The first-order valence-corrected chi connectivity index (χ1v) is 35.7. The van der Waals surface area contributed by atoms with Gasteiger partial charge in [-0.1, -0.05) is 288 Å². The molecule has 16 aromatic rings. The summed E-state index contributed by atoms with van der Waals surface area (Å²) in [5.41, 5.74) is 34.0. The third-order valence-electron chi connectivity index (χ3n) is 23.2. The van der Waals surface area contributed by atoms with Crippen LogP contribution in [0.5, 0.6) is 0 Å². The van der Waals surface area contributed by atoms with E-state index in [1.54, 1.807) is 0 Å². The van der Waals surface area contributed by atoms with E-state index in [1.807, 2.05) is 0 Å². The highest BCUT2D eigenvalue weighted by Gasteiger charge is 2.55. The van der Waals surface area contributed by atoms with E-state index < -0.39 is 10.8 Å². The fourth-order valence-corrected chi connectivity index (χ4v) is 18.8. The zero-order valence-corrected chi connectivity index (χ0v) is 57.1. The lowest BCUT2D eigenvalue weighted by atomic mass is 9.69.